The number of nitrogens with one attached hydrogen (secondary N) is 1. The molecule has 0 aromatic heterocycles. The minimum absolute atomic E-state index is 0.000486. The van der Waals surface area contributed by atoms with Gasteiger partial charge < -0.3 is 24.8 Å². The molecular weight excluding hydrogens is 749 g/mol. The fourth-order valence-electron chi connectivity index (χ4n) is 9.10. The summed E-state index contributed by atoms with van der Waals surface area (Å²) in [5.41, 5.74) is 0.000486. The summed E-state index contributed by atoms with van der Waals surface area (Å²) in [6, 6.07) is 0. The number of amides is 1. The maximum atomic E-state index is 12.9. The highest BCUT2D eigenvalue weighted by molar-refractivity contribution is 5.75. The third kappa shape index (κ3) is 32.1. The molecule has 1 aliphatic rings. The minimum atomic E-state index is -0.140. The topological polar surface area (TPSA) is 105 Å². The van der Waals surface area contributed by atoms with Crippen LogP contribution in [0.4, 0.5) is 0 Å². The van der Waals surface area contributed by atoms with Crippen LogP contribution in [0.25, 0.3) is 0 Å². The number of rotatable bonds is 44. The molecule has 0 saturated heterocycles. The zero-order chi connectivity index (χ0) is 43.8. The Labute approximate surface area is 371 Å². The van der Waals surface area contributed by atoms with E-state index in [1.807, 2.05) is 0 Å². The molecule has 0 heterocycles. The first-order valence-corrected chi connectivity index (χ1v) is 26.2. The van der Waals surface area contributed by atoms with Crippen molar-refractivity contribution >= 4 is 17.8 Å². The molecule has 60 heavy (non-hydrogen) atoms. The van der Waals surface area contributed by atoms with Gasteiger partial charge in [0.05, 0.1) is 13.2 Å². The Morgan fingerprint density at radius 2 is 0.933 bits per heavy atom. The number of carbonyl (C=O) groups excluding carboxylic acids is 3. The van der Waals surface area contributed by atoms with E-state index >= 15 is 0 Å². The van der Waals surface area contributed by atoms with E-state index in [0.29, 0.717) is 38.4 Å². The first kappa shape index (κ1) is 56.3. The number of esters is 2. The molecule has 1 aliphatic carbocycles. The third-order valence-electron chi connectivity index (χ3n) is 13.2. The van der Waals surface area contributed by atoms with Gasteiger partial charge in [-0.2, -0.15) is 0 Å². The van der Waals surface area contributed by atoms with Gasteiger partial charge in [0, 0.05) is 50.3 Å². The van der Waals surface area contributed by atoms with E-state index in [-0.39, 0.29) is 35.8 Å². The van der Waals surface area contributed by atoms with E-state index in [2.05, 4.69) is 37.9 Å². The molecule has 1 amide bonds. The van der Waals surface area contributed by atoms with Crippen molar-refractivity contribution in [2.45, 2.75) is 252 Å². The summed E-state index contributed by atoms with van der Waals surface area (Å²) in [4.78, 5) is 40.7. The second-order valence-corrected chi connectivity index (χ2v) is 19.1. The lowest BCUT2D eigenvalue weighted by atomic mass is 9.86. The summed E-state index contributed by atoms with van der Waals surface area (Å²) in [7, 11) is 0. The van der Waals surface area contributed by atoms with Crippen molar-refractivity contribution in [2.24, 2.45) is 17.3 Å². The molecular formula is C52H100N2O6. The monoisotopic (exact) mass is 849 g/mol. The summed E-state index contributed by atoms with van der Waals surface area (Å²) in [6.45, 7) is 13.5. The molecule has 0 bridgehead atoms. The lowest BCUT2D eigenvalue weighted by Gasteiger charge is -2.34. The van der Waals surface area contributed by atoms with Crippen molar-refractivity contribution in [1.82, 2.24) is 10.2 Å². The highest BCUT2D eigenvalue weighted by atomic mass is 16.5. The predicted molar refractivity (Wildman–Crippen MR) is 252 cm³/mol. The van der Waals surface area contributed by atoms with Crippen molar-refractivity contribution in [1.29, 1.82) is 0 Å². The van der Waals surface area contributed by atoms with Crippen LogP contribution in [0.5, 0.6) is 0 Å². The lowest BCUT2D eigenvalue weighted by molar-refractivity contribution is -0.149. The predicted octanol–water partition coefficient (Wildman–Crippen LogP) is 13.4. The first-order valence-electron chi connectivity index (χ1n) is 26.2. The molecule has 1 fully saturated rings. The molecule has 1 atom stereocenters. The number of hydrogen-bond donors (Lipinski definition) is 2. The Hall–Kier alpha value is -1.67. The number of hydrogen-bond acceptors (Lipinski definition) is 7. The average molecular weight is 849 g/mol. The molecule has 1 unspecified atom stereocenters. The molecule has 8 heteroatoms. The van der Waals surface area contributed by atoms with Gasteiger partial charge in [0.15, 0.2) is 0 Å². The van der Waals surface area contributed by atoms with E-state index < -0.39 is 0 Å². The fourth-order valence-corrected chi connectivity index (χ4v) is 9.10. The third-order valence-corrected chi connectivity index (χ3v) is 13.2. The number of aliphatic hydroxyl groups is 1. The number of aliphatic hydroxyl groups excluding tert-OH is 1. The van der Waals surface area contributed by atoms with Gasteiger partial charge in [-0.1, -0.05) is 169 Å². The molecule has 0 aliphatic heterocycles. The Morgan fingerprint density at radius 3 is 1.45 bits per heavy atom. The van der Waals surface area contributed by atoms with E-state index in [1.54, 1.807) is 0 Å². The van der Waals surface area contributed by atoms with Gasteiger partial charge in [-0.15, -0.1) is 0 Å². The Balaban J connectivity index is 2.62. The maximum Gasteiger partial charge on any atom is 0.305 e. The summed E-state index contributed by atoms with van der Waals surface area (Å²) < 4.78 is 11.5. The number of nitrogens with zero attached hydrogens (tertiary/aromatic N) is 1. The molecule has 1 rings (SSSR count). The maximum absolute atomic E-state index is 12.9. The molecule has 0 spiro atoms. The summed E-state index contributed by atoms with van der Waals surface area (Å²) in [5, 5.41) is 13.8. The van der Waals surface area contributed by atoms with Gasteiger partial charge >= 0.3 is 11.9 Å². The van der Waals surface area contributed by atoms with E-state index in [9.17, 15) is 19.5 Å². The smallest absolute Gasteiger partial charge is 0.305 e. The molecule has 354 valence electrons. The highest BCUT2D eigenvalue weighted by Crippen LogP contribution is 2.38. The van der Waals surface area contributed by atoms with Crippen LogP contribution in [0.3, 0.4) is 0 Å². The van der Waals surface area contributed by atoms with Crippen LogP contribution in [0, 0.1) is 17.3 Å². The lowest BCUT2D eigenvalue weighted by Crippen LogP contribution is -2.39. The van der Waals surface area contributed by atoms with Gasteiger partial charge in [-0.25, -0.2) is 0 Å². The van der Waals surface area contributed by atoms with Crippen molar-refractivity contribution in [3.05, 3.63) is 0 Å². The molecule has 0 aromatic carbocycles. The second-order valence-electron chi connectivity index (χ2n) is 19.1. The van der Waals surface area contributed by atoms with Gasteiger partial charge in [0.25, 0.3) is 0 Å². The van der Waals surface area contributed by atoms with Crippen LogP contribution in [0.2, 0.25) is 0 Å². The van der Waals surface area contributed by atoms with Gasteiger partial charge in [0.2, 0.25) is 5.91 Å². The van der Waals surface area contributed by atoms with Crippen molar-refractivity contribution in [2.75, 3.05) is 46.0 Å². The Bertz CT molecular complexity index is 971. The summed E-state index contributed by atoms with van der Waals surface area (Å²) in [5.74, 6) is 0.541. The standard InChI is InChI=1S/C52H100N2O6/c1-5-9-13-17-20-23-33-47(32-22-16-12-8-4)42-53-49(56)35-24-21-30-40-54(45-52(46-55)38-28-29-39-52)41-31-27-34-48(43-59-50(57)36-25-18-14-10-6-2)44-60-51(58)37-26-19-15-11-7-3/h47-48,55H,5-46H2,1-4H3,(H,53,56). The largest absolute Gasteiger partial charge is 0.465 e. The number of ether oxygens (including phenoxy) is 2. The quantitative estimate of drug-likeness (QED) is 0.0465. The fraction of sp³-hybridized carbons (Fsp3) is 0.942. The van der Waals surface area contributed by atoms with Gasteiger partial charge in [-0.3, -0.25) is 14.4 Å². The second kappa shape index (κ2) is 40.1. The van der Waals surface area contributed by atoms with Gasteiger partial charge in [-0.05, 0) is 83.2 Å². The van der Waals surface area contributed by atoms with Crippen LogP contribution in [-0.2, 0) is 23.9 Å². The molecule has 1 saturated carbocycles. The molecule has 0 aromatic rings. The van der Waals surface area contributed by atoms with Crippen molar-refractivity contribution in [3.8, 4) is 0 Å². The SMILES string of the molecule is CCCCCCCCC(CCCCCC)CNC(=O)CCCCCN(CCCCC(COC(=O)CCCCCCC)COC(=O)CCCCCCC)CC1(CO)CCCC1. The first-order chi connectivity index (χ1) is 29.3. The Kier molecular flexibility index (Phi) is 37.7. The van der Waals surface area contributed by atoms with Crippen LogP contribution in [-0.4, -0.2) is 73.9 Å². The van der Waals surface area contributed by atoms with E-state index in [0.717, 1.165) is 116 Å². The van der Waals surface area contributed by atoms with Crippen LogP contribution in [0.1, 0.15) is 252 Å². The zero-order valence-electron chi connectivity index (χ0n) is 40.3. The van der Waals surface area contributed by atoms with Gasteiger partial charge in [0.1, 0.15) is 0 Å². The number of carbonyl (C=O) groups is 3. The Morgan fingerprint density at radius 1 is 0.533 bits per heavy atom. The van der Waals surface area contributed by atoms with E-state index in [4.69, 9.17) is 9.47 Å². The van der Waals surface area contributed by atoms with Crippen LogP contribution >= 0.6 is 0 Å². The van der Waals surface area contributed by atoms with E-state index in [1.165, 1.54) is 116 Å². The number of unbranched alkanes of at least 4 members (excludes halogenated alkanes) is 19. The van der Waals surface area contributed by atoms with Crippen LogP contribution < -0.4 is 5.32 Å². The zero-order valence-corrected chi connectivity index (χ0v) is 40.3. The molecule has 8 nitrogen and oxygen atoms in total. The van der Waals surface area contributed by atoms with Crippen LogP contribution in [0.15, 0.2) is 0 Å². The van der Waals surface area contributed by atoms with Crippen molar-refractivity contribution in [3.63, 3.8) is 0 Å². The van der Waals surface area contributed by atoms with Crippen molar-refractivity contribution < 1.29 is 29.0 Å². The minimum Gasteiger partial charge on any atom is -0.465 e. The highest BCUT2D eigenvalue weighted by Gasteiger charge is 2.34. The molecule has 2 N–H and O–H groups in total. The normalized spacial score (nSPS) is 14.2. The summed E-state index contributed by atoms with van der Waals surface area (Å²) >= 11 is 0. The summed E-state index contributed by atoms with van der Waals surface area (Å²) in [6.07, 6.45) is 38.5. The average Bonchev–Trinajstić information content (AvgIpc) is 3.72. The molecule has 0 radical (unpaired) electrons.